The number of nitrogens with one attached hydrogen (secondary N) is 3. The molecule has 0 saturated heterocycles. The number of rotatable bonds is 10. The monoisotopic (exact) mass is 477 g/mol. The van der Waals surface area contributed by atoms with Crippen LogP contribution in [-0.2, 0) is 17.8 Å². The molecule has 35 heavy (non-hydrogen) atoms. The van der Waals surface area contributed by atoms with Crippen molar-refractivity contribution in [3.63, 3.8) is 0 Å². The fourth-order valence-electron chi connectivity index (χ4n) is 3.67. The lowest BCUT2D eigenvalue weighted by molar-refractivity contribution is -0.121. The fourth-order valence-corrected chi connectivity index (χ4v) is 3.67. The van der Waals surface area contributed by atoms with Gasteiger partial charge in [-0.05, 0) is 60.4 Å². The zero-order valence-corrected chi connectivity index (χ0v) is 20.4. The molecule has 3 aromatic carbocycles. The predicted octanol–water partition coefficient (Wildman–Crippen LogP) is 4.91. The number of anilines is 2. The summed E-state index contributed by atoms with van der Waals surface area (Å²) >= 11 is 0. The molecule has 0 unspecified atom stereocenters. The molecule has 0 heterocycles. The van der Waals surface area contributed by atoms with Gasteiger partial charge in [0.1, 0.15) is 0 Å². The molecule has 0 aliphatic rings. The van der Waals surface area contributed by atoms with Crippen LogP contribution in [0.1, 0.15) is 23.1 Å². The van der Waals surface area contributed by atoms with Crippen LogP contribution in [0.4, 0.5) is 16.2 Å². The van der Waals surface area contributed by atoms with Crippen LogP contribution in [0.3, 0.4) is 0 Å². The third kappa shape index (κ3) is 7.14. The van der Waals surface area contributed by atoms with Crippen LogP contribution >= 0.6 is 0 Å². The molecule has 8 nitrogen and oxygen atoms in total. The summed E-state index contributed by atoms with van der Waals surface area (Å²) in [5, 5.41) is 8.55. The number of aryl methyl sites for hydroxylation is 2. The van der Waals surface area contributed by atoms with Crippen LogP contribution in [0, 0.1) is 6.92 Å². The van der Waals surface area contributed by atoms with Crippen LogP contribution in [-0.4, -0.2) is 33.3 Å². The maximum absolute atomic E-state index is 12.5. The summed E-state index contributed by atoms with van der Waals surface area (Å²) in [5.41, 5.74) is 4.14. The fraction of sp³-hybridized carbons (Fsp3) is 0.259. The number of ether oxygens (including phenoxy) is 3. The molecule has 0 aliphatic carbocycles. The van der Waals surface area contributed by atoms with Gasteiger partial charge in [0.15, 0.2) is 11.5 Å². The Hall–Kier alpha value is -4.20. The lowest BCUT2D eigenvalue weighted by Gasteiger charge is -2.15. The molecule has 3 N–H and O–H groups in total. The second kappa shape index (κ2) is 12.3. The first kappa shape index (κ1) is 25.4. The van der Waals surface area contributed by atoms with Gasteiger partial charge in [-0.15, -0.1) is 0 Å². The Kier molecular flexibility index (Phi) is 8.95. The van der Waals surface area contributed by atoms with Gasteiger partial charge in [-0.2, -0.15) is 0 Å². The Bertz CT molecular complexity index is 1180. The third-order valence-electron chi connectivity index (χ3n) is 5.36. The van der Waals surface area contributed by atoms with Gasteiger partial charge < -0.3 is 30.2 Å². The van der Waals surface area contributed by atoms with Crippen molar-refractivity contribution in [2.75, 3.05) is 32.0 Å². The van der Waals surface area contributed by atoms with Gasteiger partial charge in [0.2, 0.25) is 11.7 Å². The van der Waals surface area contributed by atoms with Crippen molar-refractivity contribution in [3.8, 4) is 17.2 Å². The van der Waals surface area contributed by atoms with Gasteiger partial charge in [-0.25, -0.2) is 4.79 Å². The predicted molar refractivity (Wildman–Crippen MR) is 137 cm³/mol. The van der Waals surface area contributed by atoms with Gasteiger partial charge in [-0.1, -0.05) is 30.3 Å². The highest BCUT2D eigenvalue weighted by Crippen LogP contribution is 2.40. The SMILES string of the molecule is COc1ccc(CCC(=O)NCc2cccc(NC(=O)Nc3cccc(C)c3)c2)c(OC)c1OC. The number of methoxy groups -OCH3 is 3. The average Bonchev–Trinajstić information content (AvgIpc) is 2.85. The first-order chi connectivity index (χ1) is 16.9. The number of urea groups is 1. The molecule has 0 atom stereocenters. The number of hydrogen-bond donors (Lipinski definition) is 3. The molecule has 0 bridgehead atoms. The lowest BCUT2D eigenvalue weighted by Crippen LogP contribution is -2.23. The van der Waals surface area contributed by atoms with E-state index in [0.29, 0.717) is 35.9 Å². The van der Waals surface area contributed by atoms with Crippen molar-refractivity contribution >= 4 is 23.3 Å². The lowest BCUT2D eigenvalue weighted by atomic mass is 10.1. The first-order valence-corrected chi connectivity index (χ1v) is 11.2. The maximum Gasteiger partial charge on any atom is 0.323 e. The van der Waals surface area contributed by atoms with Crippen LogP contribution in [0.25, 0.3) is 0 Å². The zero-order valence-electron chi connectivity index (χ0n) is 20.4. The van der Waals surface area contributed by atoms with E-state index in [1.807, 2.05) is 55.5 Å². The Balaban J connectivity index is 1.52. The highest BCUT2D eigenvalue weighted by Gasteiger charge is 2.16. The van der Waals surface area contributed by atoms with Crippen molar-refractivity contribution in [1.29, 1.82) is 0 Å². The number of benzene rings is 3. The molecule has 0 fully saturated rings. The molecule has 184 valence electrons. The van der Waals surface area contributed by atoms with Crippen LogP contribution in [0.5, 0.6) is 17.2 Å². The minimum atomic E-state index is -0.333. The smallest absolute Gasteiger partial charge is 0.323 e. The van der Waals surface area contributed by atoms with E-state index < -0.39 is 0 Å². The molecule has 0 radical (unpaired) electrons. The minimum absolute atomic E-state index is 0.0996. The molecular weight excluding hydrogens is 446 g/mol. The number of hydrogen-bond acceptors (Lipinski definition) is 5. The highest BCUT2D eigenvalue weighted by atomic mass is 16.5. The second-order valence-electron chi connectivity index (χ2n) is 7.92. The Morgan fingerprint density at radius 1 is 0.800 bits per heavy atom. The molecule has 0 aliphatic heterocycles. The van der Waals surface area contributed by atoms with Gasteiger partial charge in [0.25, 0.3) is 0 Å². The van der Waals surface area contributed by atoms with E-state index in [1.54, 1.807) is 33.5 Å². The molecular formula is C27H31N3O5. The normalized spacial score (nSPS) is 10.3. The Morgan fingerprint density at radius 2 is 1.49 bits per heavy atom. The van der Waals surface area contributed by atoms with Crippen molar-refractivity contribution < 1.29 is 23.8 Å². The maximum atomic E-state index is 12.5. The van der Waals surface area contributed by atoms with Crippen molar-refractivity contribution in [3.05, 3.63) is 77.4 Å². The summed E-state index contributed by atoms with van der Waals surface area (Å²) < 4.78 is 16.2. The number of carbonyl (C=O) groups excluding carboxylic acids is 2. The van der Waals surface area contributed by atoms with E-state index in [9.17, 15) is 9.59 Å². The number of carbonyl (C=O) groups is 2. The Morgan fingerprint density at radius 3 is 2.14 bits per heavy atom. The van der Waals surface area contributed by atoms with Crippen molar-refractivity contribution in [2.45, 2.75) is 26.3 Å². The van der Waals surface area contributed by atoms with E-state index in [4.69, 9.17) is 14.2 Å². The van der Waals surface area contributed by atoms with Crippen molar-refractivity contribution in [1.82, 2.24) is 5.32 Å². The van der Waals surface area contributed by atoms with Gasteiger partial charge in [0.05, 0.1) is 21.3 Å². The molecule has 3 rings (SSSR count). The average molecular weight is 478 g/mol. The largest absolute Gasteiger partial charge is 0.493 e. The van der Waals surface area contributed by atoms with Crippen LogP contribution in [0.15, 0.2) is 60.7 Å². The van der Waals surface area contributed by atoms with E-state index in [-0.39, 0.29) is 18.4 Å². The molecule has 3 amide bonds. The van der Waals surface area contributed by atoms with Gasteiger partial charge in [-0.3, -0.25) is 4.79 Å². The molecule has 0 aromatic heterocycles. The van der Waals surface area contributed by atoms with E-state index >= 15 is 0 Å². The number of amides is 3. The van der Waals surface area contributed by atoms with E-state index in [1.165, 1.54) is 0 Å². The molecule has 3 aromatic rings. The van der Waals surface area contributed by atoms with Crippen LogP contribution in [0.2, 0.25) is 0 Å². The van der Waals surface area contributed by atoms with E-state index in [2.05, 4.69) is 16.0 Å². The molecule has 0 spiro atoms. The quantitative estimate of drug-likeness (QED) is 0.385. The first-order valence-electron chi connectivity index (χ1n) is 11.2. The third-order valence-corrected chi connectivity index (χ3v) is 5.36. The summed E-state index contributed by atoms with van der Waals surface area (Å²) in [6.07, 6.45) is 0.763. The highest BCUT2D eigenvalue weighted by molar-refractivity contribution is 5.99. The van der Waals surface area contributed by atoms with E-state index in [0.717, 1.165) is 22.4 Å². The summed E-state index contributed by atoms with van der Waals surface area (Å²) in [6, 6.07) is 18.2. The topological polar surface area (TPSA) is 97.9 Å². The molecule has 8 heteroatoms. The molecule has 0 saturated carbocycles. The summed E-state index contributed by atoms with van der Waals surface area (Å²) in [5.74, 6) is 1.53. The van der Waals surface area contributed by atoms with Crippen LogP contribution < -0.4 is 30.2 Å². The zero-order chi connectivity index (χ0) is 25.2. The summed E-state index contributed by atoms with van der Waals surface area (Å²) in [4.78, 5) is 24.8. The van der Waals surface area contributed by atoms with Gasteiger partial charge >= 0.3 is 6.03 Å². The summed E-state index contributed by atoms with van der Waals surface area (Å²) in [7, 11) is 4.67. The minimum Gasteiger partial charge on any atom is -0.493 e. The second-order valence-corrected chi connectivity index (χ2v) is 7.92. The van der Waals surface area contributed by atoms with Gasteiger partial charge in [0, 0.05) is 24.3 Å². The Labute approximate surface area is 205 Å². The summed E-state index contributed by atoms with van der Waals surface area (Å²) in [6.45, 7) is 2.31. The standard InChI is InChI=1S/C27H31N3O5/c1-18-7-5-9-21(15-18)29-27(32)30-22-10-6-8-19(16-22)17-28-24(31)14-12-20-11-13-23(33-2)26(35-4)25(20)34-3/h5-11,13,15-16H,12,14,17H2,1-4H3,(H,28,31)(H2,29,30,32). The van der Waals surface area contributed by atoms with Crippen molar-refractivity contribution in [2.24, 2.45) is 0 Å².